The largest absolute Gasteiger partial charge is 0.462 e. The van der Waals surface area contributed by atoms with Crippen molar-refractivity contribution in [3.05, 3.63) is 35.5 Å². The lowest BCUT2D eigenvalue weighted by Gasteiger charge is -2.43. The molecule has 26 heavy (non-hydrogen) atoms. The van der Waals surface area contributed by atoms with Crippen molar-refractivity contribution in [1.82, 2.24) is 0 Å². The molecule has 1 aliphatic carbocycles. The molecule has 5 heteroatoms. The van der Waals surface area contributed by atoms with Gasteiger partial charge in [-0.05, 0) is 66.0 Å². The second-order valence-corrected chi connectivity index (χ2v) is 9.50. The van der Waals surface area contributed by atoms with Gasteiger partial charge in [-0.2, -0.15) is 0 Å². The highest BCUT2D eigenvalue weighted by Crippen LogP contribution is 2.44. The fourth-order valence-electron chi connectivity index (χ4n) is 3.63. The molecule has 3 rings (SSSR count). The smallest absolute Gasteiger partial charge is 0.403 e. The Labute approximate surface area is 158 Å². The Morgan fingerprint density at radius 3 is 2.08 bits per heavy atom. The van der Waals surface area contributed by atoms with E-state index in [0.29, 0.717) is 13.2 Å². The molecule has 144 valence electrons. The molecule has 2 fully saturated rings. The van der Waals surface area contributed by atoms with Crippen LogP contribution in [-0.4, -0.2) is 37.3 Å². The molecule has 0 radical (unpaired) electrons. The molecule has 0 saturated carbocycles. The van der Waals surface area contributed by atoms with E-state index in [1.54, 1.807) is 0 Å². The molecule has 0 aromatic rings. The number of rotatable bonds is 3. The van der Waals surface area contributed by atoms with E-state index in [0.717, 1.165) is 18.3 Å². The first-order valence-electron chi connectivity index (χ1n) is 9.57. The minimum absolute atomic E-state index is 0.108. The fourth-order valence-corrected chi connectivity index (χ4v) is 3.63. The van der Waals surface area contributed by atoms with Gasteiger partial charge in [0, 0.05) is 11.7 Å². The van der Waals surface area contributed by atoms with Crippen LogP contribution in [0.5, 0.6) is 0 Å². The standard InChI is InChI=1S/C21H33BO4/c1-15(2)17-11-21(13-23-20(7,8)24-14-21)10-9-16(17)12-22-25-18(3,4)19(5,6)26-22/h9,11H,1,10,12-14H2,2-8H3. The van der Waals surface area contributed by atoms with Crippen molar-refractivity contribution in [3.63, 3.8) is 0 Å². The van der Waals surface area contributed by atoms with Gasteiger partial charge in [0.1, 0.15) is 0 Å². The molecule has 0 atom stereocenters. The molecular weight excluding hydrogens is 327 g/mol. The Bertz CT molecular complexity index is 631. The summed E-state index contributed by atoms with van der Waals surface area (Å²) in [6.07, 6.45) is 6.22. The van der Waals surface area contributed by atoms with E-state index in [2.05, 4.69) is 53.3 Å². The van der Waals surface area contributed by atoms with E-state index in [-0.39, 0.29) is 23.7 Å². The minimum Gasteiger partial charge on any atom is -0.403 e. The lowest BCUT2D eigenvalue weighted by atomic mass is 9.70. The van der Waals surface area contributed by atoms with Crippen LogP contribution in [0, 0.1) is 5.41 Å². The van der Waals surface area contributed by atoms with Crippen LogP contribution in [0.1, 0.15) is 54.9 Å². The number of ether oxygens (including phenoxy) is 2. The Balaban J connectivity index is 1.76. The third-order valence-electron chi connectivity index (χ3n) is 6.11. The lowest BCUT2D eigenvalue weighted by Crippen LogP contribution is -2.46. The van der Waals surface area contributed by atoms with Crippen molar-refractivity contribution in [3.8, 4) is 0 Å². The number of allylic oxidation sites excluding steroid dienone is 4. The Hall–Kier alpha value is -0.875. The molecular formula is C21H33BO4. The zero-order chi connectivity index (χ0) is 19.4. The van der Waals surface area contributed by atoms with Gasteiger partial charge in [-0.15, -0.1) is 0 Å². The van der Waals surface area contributed by atoms with Crippen molar-refractivity contribution >= 4 is 7.12 Å². The molecule has 0 bridgehead atoms. The molecule has 0 N–H and O–H groups in total. The first kappa shape index (κ1) is 19.9. The van der Waals surface area contributed by atoms with Crippen molar-refractivity contribution in [2.24, 2.45) is 5.41 Å². The third-order valence-corrected chi connectivity index (χ3v) is 6.11. The van der Waals surface area contributed by atoms with E-state index in [9.17, 15) is 0 Å². The van der Waals surface area contributed by atoms with Crippen LogP contribution in [0.2, 0.25) is 6.32 Å². The SMILES string of the molecule is C=C(C)C1=CC2(CC=C1CB1OC(C)(C)C(C)(C)O1)COC(C)(C)OC2. The van der Waals surface area contributed by atoms with Crippen LogP contribution in [0.15, 0.2) is 35.5 Å². The van der Waals surface area contributed by atoms with E-state index >= 15 is 0 Å². The summed E-state index contributed by atoms with van der Waals surface area (Å²) in [5.74, 6) is -0.505. The van der Waals surface area contributed by atoms with E-state index in [1.807, 2.05) is 13.8 Å². The summed E-state index contributed by atoms with van der Waals surface area (Å²) in [4.78, 5) is 0. The number of hydrogen-bond donors (Lipinski definition) is 0. The van der Waals surface area contributed by atoms with Gasteiger partial charge in [-0.25, -0.2) is 0 Å². The summed E-state index contributed by atoms with van der Waals surface area (Å²) in [6.45, 7) is 19.9. The van der Waals surface area contributed by atoms with Crippen LogP contribution in [0.3, 0.4) is 0 Å². The third kappa shape index (κ3) is 3.73. The highest BCUT2D eigenvalue weighted by molar-refractivity contribution is 6.46. The van der Waals surface area contributed by atoms with Gasteiger partial charge >= 0.3 is 7.12 Å². The maximum Gasteiger partial charge on any atom is 0.462 e. The average Bonchev–Trinajstić information content (AvgIpc) is 2.71. The van der Waals surface area contributed by atoms with E-state index < -0.39 is 5.79 Å². The highest BCUT2D eigenvalue weighted by Gasteiger charge is 2.51. The van der Waals surface area contributed by atoms with Crippen LogP contribution < -0.4 is 0 Å². The van der Waals surface area contributed by atoms with Crippen molar-refractivity contribution in [2.75, 3.05) is 13.2 Å². The molecule has 0 amide bonds. The van der Waals surface area contributed by atoms with Crippen LogP contribution in [0.4, 0.5) is 0 Å². The fraction of sp³-hybridized carbons (Fsp3) is 0.714. The van der Waals surface area contributed by atoms with Gasteiger partial charge in [0.2, 0.25) is 0 Å². The summed E-state index contributed by atoms with van der Waals surface area (Å²) in [5, 5.41) is 0. The van der Waals surface area contributed by atoms with Gasteiger partial charge in [-0.1, -0.05) is 24.3 Å². The first-order valence-corrected chi connectivity index (χ1v) is 9.57. The molecule has 4 nitrogen and oxygen atoms in total. The topological polar surface area (TPSA) is 36.9 Å². The van der Waals surface area contributed by atoms with Crippen molar-refractivity contribution in [2.45, 2.75) is 78.2 Å². The summed E-state index contributed by atoms with van der Waals surface area (Å²) < 4.78 is 24.2. The lowest BCUT2D eigenvalue weighted by molar-refractivity contribution is -0.276. The molecule has 2 aliphatic heterocycles. The second kappa shape index (κ2) is 6.34. The Kier molecular flexibility index (Phi) is 4.84. The minimum atomic E-state index is -0.505. The van der Waals surface area contributed by atoms with Gasteiger partial charge in [0.15, 0.2) is 5.79 Å². The average molecular weight is 360 g/mol. The monoisotopic (exact) mass is 360 g/mol. The molecule has 1 spiro atoms. The van der Waals surface area contributed by atoms with Gasteiger partial charge in [-0.3, -0.25) is 0 Å². The Morgan fingerprint density at radius 2 is 1.58 bits per heavy atom. The zero-order valence-electron chi connectivity index (χ0n) is 17.4. The molecule has 0 unspecified atom stereocenters. The van der Waals surface area contributed by atoms with Crippen LogP contribution in [0.25, 0.3) is 0 Å². The highest BCUT2D eigenvalue weighted by atomic mass is 16.7. The van der Waals surface area contributed by atoms with Gasteiger partial charge in [0.05, 0.1) is 24.4 Å². The zero-order valence-corrected chi connectivity index (χ0v) is 17.4. The number of hydrogen-bond acceptors (Lipinski definition) is 4. The second-order valence-electron chi connectivity index (χ2n) is 9.50. The summed E-state index contributed by atoms with van der Waals surface area (Å²) >= 11 is 0. The van der Waals surface area contributed by atoms with Gasteiger partial charge in [0.25, 0.3) is 0 Å². The summed E-state index contributed by atoms with van der Waals surface area (Å²) in [6, 6.07) is 0. The predicted octanol–water partition coefficient (Wildman–Crippen LogP) is 4.68. The maximum atomic E-state index is 6.19. The van der Waals surface area contributed by atoms with Gasteiger partial charge < -0.3 is 18.8 Å². The first-order chi connectivity index (χ1) is 11.8. The Morgan fingerprint density at radius 1 is 1.04 bits per heavy atom. The summed E-state index contributed by atoms with van der Waals surface area (Å²) in [7, 11) is -0.235. The normalized spacial score (nSPS) is 28.7. The quantitative estimate of drug-likeness (QED) is 0.685. The van der Waals surface area contributed by atoms with E-state index in [1.165, 1.54) is 11.1 Å². The van der Waals surface area contributed by atoms with Crippen LogP contribution in [-0.2, 0) is 18.8 Å². The molecule has 2 heterocycles. The van der Waals surface area contributed by atoms with E-state index in [4.69, 9.17) is 18.8 Å². The molecule has 2 saturated heterocycles. The molecule has 0 aromatic carbocycles. The maximum absolute atomic E-state index is 6.19. The predicted molar refractivity (Wildman–Crippen MR) is 105 cm³/mol. The molecule has 3 aliphatic rings. The van der Waals surface area contributed by atoms with Crippen LogP contribution >= 0.6 is 0 Å². The van der Waals surface area contributed by atoms with Crippen molar-refractivity contribution < 1.29 is 18.8 Å². The van der Waals surface area contributed by atoms with Crippen molar-refractivity contribution in [1.29, 1.82) is 0 Å². The molecule has 0 aromatic heterocycles. The summed E-state index contributed by atoms with van der Waals surface area (Å²) in [5.41, 5.74) is 2.75.